The molecule has 4 N–H and O–H groups in total. The molecule has 5 rings (SSSR count). The lowest BCUT2D eigenvalue weighted by Gasteiger charge is -2.28. The van der Waals surface area contributed by atoms with E-state index >= 15 is 0 Å². The molecule has 1 aromatic carbocycles. The van der Waals surface area contributed by atoms with E-state index in [0.29, 0.717) is 23.5 Å². The molecule has 2 unspecified atom stereocenters. The van der Waals surface area contributed by atoms with Crippen molar-refractivity contribution in [2.75, 3.05) is 19.6 Å². The van der Waals surface area contributed by atoms with Gasteiger partial charge in [0.05, 0.1) is 28.3 Å². The number of fused-ring (bicyclic) bond motifs is 4. The van der Waals surface area contributed by atoms with Gasteiger partial charge in [0.25, 0.3) is 0 Å². The Morgan fingerprint density at radius 2 is 1.81 bits per heavy atom. The number of carboxylic acids is 1. The molecule has 11 nitrogen and oxygen atoms in total. The van der Waals surface area contributed by atoms with E-state index in [2.05, 4.69) is 37.2 Å². The third kappa shape index (κ3) is 8.74. The third-order valence-electron chi connectivity index (χ3n) is 8.88. The Bertz CT molecular complexity index is 1740. The fraction of sp³-hybridized carbons (Fsp3) is 0.457. The van der Waals surface area contributed by atoms with Crippen LogP contribution in [0.15, 0.2) is 65.0 Å². The summed E-state index contributed by atoms with van der Waals surface area (Å²) in [5.74, 6) is -4.86. The Labute approximate surface area is 285 Å². The summed E-state index contributed by atoms with van der Waals surface area (Å²) in [6, 6.07) is 15.6. The van der Waals surface area contributed by atoms with Crippen LogP contribution in [-0.4, -0.2) is 72.8 Å². The maximum absolute atomic E-state index is 14.0. The van der Waals surface area contributed by atoms with Crippen molar-refractivity contribution in [1.29, 1.82) is 0 Å². The van der Waals surface area contributed by atoms with Gasteiger partial charge in [0, 0.05) is 37.3 Å². The molecule has 3 aromatic rings. The average Bonchev–Trinajstić information content (AvgIpc) is 3.70. The summed E-state index contributed by atoms with van der Waals surface area (Å²) in [6.07, 6.45) is 8.10. The molecule has 2 aliphatic rings. The lowest BCUT2D eigenvalue weighted by atomic mass is 9.84. The number of hydrogen-bond donors (Lipinski definition) is 4. The van der Waals surface area contributed by atoms with Crippen molar-refractivity contribution in [2.45, 2.75) is 68.5 Å². The molecule has 2 amide bonds. The highest BCUT2D eigenvalue weighted by atomic mass is 32.2. The molecule has 2 aliphatic heterocycles. The van der Waals surface area contributed by atoms with Gasteiger partial charge in [0.15, 0.2) is 6.21 Å². The number of carbonyl (C=O) groups is 3. The molecular weight excluding hydrogens is 651 g/mol. The van der Waals surface area contributed by atoms with Crippen LogP contribution < -0.4 is 15.4 Å². The fourth-order valence-corrected chi connectivity index (χ4v) is 8.82. The Morgan fingerprint density at radius 3 is 2.56 bits per heavy atom. The van der Waals surface area contributed by atoms with Crippen LogP contribution in [-0.2, 0) is 24.4 Å². The van der Waals surface area contributed by atoms with Gasteiger partial charge < -0.3 is 15.7 Å². The van der Waals surface area contributed by atoms with E-state index in [4.69, 9.17) is 0 Å². The number of hydrogen-bond acceptors (Lipinski definition) is 7. The molecule has 13 heteroatoms. The highest BCUT2D eigenvalue weighted by Gasteiger charge is 2.39. The second kappa shape index (κ2) is 16.0. The van der Waals surface area contributed by atoms with Crippen molar-refractivity contribution in [3.8, 4) is 10.6 Å². The van der Waals surface area contributed by atoms with E-state index in [9.17, 15) is 27.9 Å². The monoisotopic (exact) mass is 694 g/mol. The third-order valence-corrected chi connectivity index (χ3v) is 11.9. The number of benzene rings is 1. The molecule has 4 heterocycles. The maximum Gasteiger partial charge on any atom is 0.308 e. The summed E-state index contributed by atoms with van der Waals surface area (Å²) < 4.78 is 31.3. The van der Waals surface area contributed by atoms with Gasteiger partial charge in [-0.2, -0.15) is 0 Å². The van der Waals surface area contributed by atoms with Crippen molar-refractivity contribution >= 4 is 51.0 Å². The van der Waals surface area contributed by atoms with Crippen molar-refractivity contribution in [1.82, 2.24) is 20.3 Å². The molecule has 4 atom stereocenters. The number of nitrogens with one attached hydrogen (secondary N) is 3. The lowest BCUT2D eigenvalue weighted by Crippen LogP contribution is -2.52. The first-order valence-corrected chi connectivity index (χ1v) is 18.9. The first-order valence-electron chi connectivity index (χ1n) is 16.6. The number of carbonyl (C=O) groups excluding carboxylic acids is 2. The van der Waals surface area contributed by atoms with Gasteiger partial charge in [-0.05, 0) is 55.9 Å². The molecule has 0 saturated carbocycles. The van der Waals surface area contributed by atoms with E-state index in [0.717, 1.165) is 54.8 Å². The van der Waals surface area contributed by atoms with Crippen LogP contribution >= 0.6 is 11.3 Å². The number of thiophene rings is 1. The van der Waals surface area contributed by atoms with Crippen LogP contribution in [0.25, 0.3) is 10.6 Å². The molecule has 0 aliphatic carbocycles. The summed E-state index contributed by atoms with van der Waals surface area (Å²) in [7, 11) is -4.09. The highest BCUT2D eigenvalue weighted by Crippen LogP contribution is 2.35. The van der Waals surface area contributed by atoms with Crippen LogP contribution in [0, 0.1) is 17.8 Å². The van der Waals surface area contributed by atoms with E-state index in [1.54, 1.807) is 30.5 Å². The van der Waals surface area contributed by atoms with Gasteiger partial charge in [-0.3, -0.25) is 19.4 Å². The fourth-order valence-electron chi connectivity index (χ4n) is 6.43. The van der Waals surface area contributed by atoms with Gasteiger partial charge >= 0.3 is 5.97 Å². The quantitative estimate of drug-likeness (QED) is 0.215. The van der Waals surface area contributed by atoms with Crippen molar-refractivity contribution in [3.63, 3.8) is 0 Å². The number of amides is 2. The van der Waals surface area contributed by atoms with Gasteiger partial charge in [-0.25, -0.2) is 17.7 Å². The molecule has 0 radical (unpaired) electrons. The normalized spacial score (nSPS) is 19.9. The SMILES string of the molecule is CC(C)C[C@@H](C(=O)N[C@H]1CC2C=[N+](CCCCCCNC1=O)c1ccccc12)C(CNS(=O)(=O)c1ccc(-c2ccccn2)s1)C(=O)O. The number of carboxylic acid groups (broad SMARTS) is 1. The second-order valence-corrected chi connectivity index (χ2v) is 16.0. The average molecular weight is 695 g/mol. The molecule has 0 saturated heterocycles. The van der Waals surface area contributed by atoms with E-state index < -0.39 is 46.3 Å². The first kappa shape index (κ1) is 35.4. The minimum absolute atomic E-state index is 0.0139. The standard InChI is InChI=1S/C35H43N5O6S2/c1-23(2)19-26(27(35(43)44)21-38-48(45,46)32-15-14-31(47-32)28-12-7-9-16-36-28)33(41)39-29-20-24-22-40(30-13-6-5-11-25(24)30)18-10-4-3-8-17-37-34(29)42/h5-7,9,11-16,22-24,26-27,29,38H,3-4,8,10,17-21H2,1-2H3,(H2-,37,39,41,42,43,44)/p+1/t24?,26-,27?,29+/m1/s1. The van der Waals surface area contributed by atoms with Crippen molar-refractivity contribution in [2.24, 2.45) is 17.8 Å². The van der Waals surface area contributed by atoms with Crippen LogP contribution in [0.2, 0.25) is 0 Å². The number of aromatic nitrogens is 1. The highest BCUT2D eigenvalue weighted by molar-refractivity contribution is 7.91. The zero-order chi connectivity index (χ0) is 34.3. The number of sulfonamides is 1. The summed E-state index contributed by atoms with van der Waals surface area (Å²) in [4.78, 5) is 45.1. The topological polar surface area (TPSA) is 158 Å². The number of nitrogens with zero attached hydrogens (tertiary/aromatic N) is 2. The number of aliphatic carboxylic acids is 1. The largest absolute Gasteiger partial charge is 0.481 e. The molecule has 256 valence electrons. The zero-order valence-electron chi connectivity index (χ0n) is 27.3. The van der Waals surface area contributed by atoms with Gasteiger partial charge in [-0.15, -0.1) is 11.3 Å². The maximum atomic E-state index is 14.0. The lowest BCUT2D eigenvalue weighted by molar-refractivity contribution is -0.433. The zero-order valence-corrected chi connectivity index (χ0v) is 28.9. The summed E-state index contributed by atoms with van der Waals surface area (Å²) in [5.41, 5.74) is 2.80. The van der Waals surface area contributed by atoms with Crippen LogP contribution in [0.1, 0.15) is 63.9 Å². The smallest absolute Gasteiger partial charge is 0.308 e. The first-order chi connectivity index (χ1) is 23.0. The summed E-state index contributed by atoms with van der Waals surface area (Å²) >= 11 is 1.02. The van der Waals surface area contributed by atoms with Crippen molar-refractivity contribution in [3.05, 3.63) is 66.4 Å². The van der Waals surface area contributed by atoms with Crippen molar-refractivity contribution < 1.29 is 32.5 Å². The Kier molecular flexibility index (Phi) is 11.8. The summed E-state index contributed by atoms with van der Waals surface area (Å²) in [6.45, 7) is 4.61. The van der Waals surface area contributed by atoms with Crippen LogP contribution in [0.4, 0.5) is 5.69 Å². The van der Waals surface area contributed by atoms with Crippen LogP contribution in [0.5, 0.6) is 0 Å². The van der Waals surface area contributed by atoms with Gasteiger partial charge in [-0.1, -0.05) is 44.5 Å². The number of para-hydroxylation sites is 1. The van der Waals surface area contributed by atoms with E-state index in [1.807, 2.05) is 32.0 Å². The minimum Gasteiger partial charge on any atom is -0.481 e. The predicted molar refractivity (Wildman–Crippen MR) is 185 cm³/mol. The molecule has 0 spiro atoms. The molecular formula is C35H44N5O6S2+. The van der Waals surface area contributed by atoms with E-state index in [1.165, 1.54) is 6.07 Å². The molecule has 0 fully saturated rings. The number of pyridine rings is 1. The Balaban J connectivity index is 1.35. The van der Waals surface area contributed by atoms with Gasteiger partial charge in [0.1, 0.15) is 16.8 Å². The number of rotatable bonds is 11. The molecule has 48 heavy (non-hydrogen) atoms. The second-order valence-electron chi connectivity index (χ2n) is 12.9. The van der Waals surface area contributed by atoms with E-state index in [-0.39, 0.29) is 28.4 Å². The Morgan fingerprint density at radius 1 is 1.04 bits per heavy atom. The molecule has 2 bridgehead atoms. The predicted octanol–water partition coefficient (Wildman–Crippen LogP) is 4.53. The Hall–Kier alpha value is -3.94. The van der Waals surface area contributed by atoms with Gasteiger partial charge in [0.2, 0.25) is 27.5 Å². The molecule has 2 aromatic heterocycles. The van der Waals surface area contributed by atoms with Crippen LogP contribution in [0.3, 0.4) is 0 Å². The minimum atomic E-state index is -4.09. The summed E-state index contributed by atoms with van der Waals surface area (Å²) in [5, 5.41) is 16.2.